The topological polar surface area (TPSA) is 40.5 Å². The molecule has 1 aliphatic rings. The van der Waals surface area contributed by atoms with Crippen LogP contribution in [0.3, 0.4) is 0 Å². The van der Waals surface area contributed by atoms with E-state index in [9.17, 15) is 14.6 Å². The van der Waals surface area contributed by atoms with Crippen LogP contribution in [0, 0.1) is 11.2 Å². The summed E-state index contributed by atoms with van der Waals surface area (Å²) in [5.74, 6) is -0.391. The standard InChI is InChI=1S/C14H18ClFO2/c15-12-3-1-2-10(13(12)16)8-14(9-17)6-4-11(18)5-7-14/h1-3,11,17-18H,4-9H2. The second kappa shape index (κ2) is 5.55. The van der Waals surface area contributed by atoms with E-state index in [-0.39, 0.29) is 23.1 Å². The van der Waals surface area contributed by atoms with Gasteiger partial charge < -0.3 is 10.2 Å². The van der Waals surface area contributed by atoms with Crippen LogP contribution < -0.4 is 0 Å². The third kappa shape index (κ3) is 2.85. The van der Waals surface area contributed by atoms with Crippen molar-refractivity contribution in [2.45, 2.75) is 38.2 Å². The predicted octanol–water partition coefficient (Wildman–Crippen LogP) is 2.94. The minimum absolute atomic E-state index is 0.0195. The average Bonchev–Trinajstić information content (AvgIpc) is 2.38. The molecule has 0 spiro atoms. The maximum absolute atomic E-state index is 13.9. The lowest BCUT2D eigenvalue weighted by Crippen LogP contribution is -2.35. The summed E-state index contributed by atoms with van der Waals surface area (Å²) in [7, 11) is 0. The summed E-state index contributed by atoms with van der Waals surface area (Å²) in [6.45, 7) is 0.0195. The van der Waals surface area contributed by atoms with Gasteiger partial charge in [-0.05, 0) is 49.1 Å². The normalized spacial score (nSPS) is 28.3. The third-order valence-corrected chi connectivity index (χ3v) is 4.24. The van der Waals surface area contributed by atoms with E-state index in [0.717, 1.165) is 12.8 Å². The largest absolute Gasteiger partial charge is 0.396 e. The smallest absolute Gasteiger partial charge is 0.144 e. The van der Waals surface area contributed by atoms with Gasteiger partial charge in [0.15, 0.2) is 0 Å². The molecule has 18 heavy (non-hydrogen) atoms. The van der Waals surface area contributed by atoms with Gasteiger partial charge in [-0.2, -0.15) is 0 Å². The van der Waals surface area contributed by atoms with E-state index < -0.39 is 5.82 Å². The van der Waals surface area contributed by atoms with Gasteiger partial charge in [0.1, 0.15) is 5.82 Å². The number of benzene rings is 1. The van der Waals surface area contributed by atoms with E-state index >= 15 is 0 Å². The van der Waals surface area contributed by atoms with Crippen LogP contribution in [0.2, 0.25) is 5.02 Å². The molecule has 0 radical (unpaired) electrons. The molecule has 0 bridgehead atoms. The molecule has 1 aromatic rings. The van der Waals surface area contributed by atoms with E-state index in [2.05, 4.69) is 0 Å². The number of rotatable bonds is 3. The molecule has 1 saturated carbocycles. The lowest BCUT2D eigenvalue weighted by molar-refractivity contribution is 0.0237. The highest BCUT2D eigenvalue weighted by atomic mass is 35.5. The van der Waals surface area contributed by atoms with Crippen molar-refractivity contribution in [3.05, 3.63) is 34.6 Å². The maximum Gasteiger partial charge on any atom is 0.144 e. The minimum Gasteiger partial charge on any atom is -0.396 e. The van der Waals surface area contributed by atoms with Gasteiger partial charge in [-0.1, -0.05) is 23.7 Å². The second-order valence-corrected chi connectivity index (χ2v) is 5.69. The summed E-state index contributed by atoms with van der Waals surface area (Å²) < 4.78 is 13.9. The van der Waals surface area contributed by atoms with Crippen LogP contribution in [0.1, 0.15) is 31.2 Å². The monoisotopic (exact) mass is 272 g/mol. The quantitative estimate of drug-likeness (QED) is 0.888. The van der Waals surface area contributed by atoms with Crippen molar-refractivity contribution in [2.75, 3.05) is 6.61 Å². The van der Waals surface area contributed by atoms with E-state index in [1.54, 1.807) is 12.1 Å². The number of hydrogen-bond acceptors (Lipinski definition) is 2. The van der Waals surface area contributed by atoms with Crippen LogP contribution in [0.5, 0.6) is 0 Å². The van der Waals surface area contributed by atoms with Crippen LogP contribution in [0.25, 0.3) is 0 Å². The van der Waals surface area contributed by atoms with Crippen molar-refractivity contribution in [2.24, 2.45) is 5.41 Å². The zero-order valence-corrected chi connectivity index (χ0v) is 11.0. The van der Waals surface area contributed by atoms with Gasteiger partial charge in [0.2, 0.25) is 0 Å². The first-order valence-electron chi connectivity index (χ1n) is 6.28. The Balaban J connectivity index is 2.17. The molecule has 2 N–H and O–H groups in total. The van der Waals surface area contributed by atoms with Crippen LogP contribution in [0.4, 0.5) is 4.39 Å². The van der Waals surface area contributed by atoms with E-state index in [1.807, 2.05) is 0 Å². The molecule has 2 rings (SSSR count). The Morgan fingerprint density at radius 1 is 1.33 bits per heavy atom. The summed E-state index contributed by atoms with van der Waals surface area (Å²) in [5.41, 5.74) is 0.234. The molecule has 4 heteroatoms. The fraction of sp³-hybridized carbons (Fsp3) is 0.571. The molecule has 0 heterocycles. The molecule has 0 amide bonds. The molecule has 0 unspecified atom stereocenters. The van der Waals surface area contributed by atoms with Gasteiger partial charge in [-0.3, -0.25) is 0 Å². The lowest BCUT2D eigenvalue weighted by atomic mass is 9.70. The second-order valence-electron chi connectivity index (χ2n) is 5.28. The first kappa shape index (κ1) is 13.8. The molecule has 0 atom stereocenters. The zero-order valence-electron chi connectivity index (χ0n) is 10.2. The van der Waals surface area contributed by atoms with Gasteiger partial charge in [-0.15, -0.1) is 0 Å². The molecular formula is C14H18ClFO2. The summed E-state index contributed by atoms with van der Waals surface area (Å²) in [4.78, 5) is 0. The van der Waals surface area contributed by atoms with Gasteiger partial charge in [0.25, 0.3) is 0 Å². The number of aliphatic hydroxyl groups excluding tert-OH is 2. The van der Waals surface area contributed by atoms with Crippen molar-refractivity contribution in [3.63, 3.8) is 0 Å². The number of hydrogen-bond donors (Lipinski definition) is 2. The van der Waals surface area contributed by atoms with Crippen LogP contribution >= 0.6 is 11.6 Å². The Morgan fingerprint density at radius 2 is 2.00 bits per heavy atom. The van der Waals surface area contributed by atoms with Crippen LogP contribution in [-0.2, 0) is 6.42 Å². The molecule has 2 nitrogen and oxygen atoms in total. The highest BCUT2D eigenvalue weighted by molar-refractivity contribution is 6.30. The Kier molecular flexibility index (Phi) is 4.25. The van der Waals surface area contributed by atoms with Crippen LogP contribution in [-0.4, -0.2) is 22.9 Å². The highest BCUT2D eigenvalue weighted by Crippen LogP contribution is 2.39. The molecule has 0 aliphatic heterocycles. The molecular weight excluding hydrogens is 255 g/mol. The molecule has 0 saturated heterocycles. The van der Waals surface area contributed by atoms with Gasteiger partial charge in [0.05, 0.1) is 11.1 Å². The Labute approximate surface area is 111 Å². The van der Waals surface area contributed by atoms with Gasteiger partial charge >= 0.3 is 0 Å². The third-order valence-electron chi connectivity index (χ3n) is 3.95. The highest BCUT2D eigenvalue weighted by Gasteiger charge is 2.35. The molecule has 1 fully saturated rings. The zero-order chi connectivity index (χ0) is 13.2. The minimum atomic E-state index is -0.391. The first-order valence-corrected chi connectivity index (χ1v) is 6.66. The van der Waals surface area contributed by atoms with Gasteiger partial charge in [0, 0.05) is 6.61 Å². The molecule has 100 valence electrons. The van der Waals surface area contributed by atoms with E-state index in [1.165, 1.54) is 6.07 Å². The average molecular weight is 273 g/mol. The summed E-state index contributed by atoms with van der Waals surface area (Å²) in [6, 6.07) is 4.96. The van der Waals surface area contributed by atoms with Crippen molar-refractivity contribution in [1.29, 1.82) is 0 Å². The van der Waals surface area contributed by atoms with E-state index in [0.29, 0.717) is 24.8 Å². The fourth-order valence-corrected chi connectivity index (χ4v) is 2.89. The molecule has 1 aliphatic carbocycles. The molecule has 1 aromatic carbocycles. The SMILES string of the molecule is OCC1(Cc2cccc(Cl)c2F)CCC(O)CC1. The Hall–Kier alpha value is -0.640. The van der Waals surface area contributed by atoms with Crippen molar-refractivity contribution in [1.82, 2.24) is 0 Å². The Bertz CT molecular complexity index is 414. The maximum atomic E-state index is 13.9. The van der Waals surface area contributed by atoms with E-state index in [4.69, 9.17) is 11.6 Å². The van der Waals surface area contributed by atoms with Gasteiger partial charge in [-0.25, -0.2) is 4.39 Å². The predicted molar refractivity (Wildman–Crippen MR) is 69.1 cm³/mol. The number of halogens is 2. The lowest BCUT2D eigenvalue weighted by Gasteiger charge is -2.37. The summed E-state index contributed by atoms with van der Waals surface area (Å²) >= 11 is 5.77. The number of aliphatic hydroxyl groups is 2. The Morgan fingerprint density at radius 3 is 2.61 bits per heavy atom. The first-order chi connectivity index (χ1) is 8.56. The summed E-state index contributed by atoms with van der Waals surface area (Å²) in [5, 5.41) is 19.3. The van der Waals surface area contributed by atoms with Crippen molar-refractivity contribution >= 4 is 11.6 Å². The van der Waals surface area contributed by atoms with Crippen LogP contribution in [0.15, 0.2) is 18.2 Å². The van der Waals surface area contributed by atoms with Crippen molar-refractivity contribution in [3.8, 4) is 0 Å². The summed E-state index contributed by atoms with van der Waals surface area (Å²) in [6.07, 6.45) is 2.97. The molecule has 0 aromatic heterocycles. The van der Waals surface area contributed by atoms with Crippen molar-refractivity contribution < 1.29 is 14.6 Å². The fourth-order valence-electron chi connectivity index (χ4n) is 2.69.